The van der Waals surface area contributed by atoms with Gasteiger partial charge in [-0.3, -0.25) is 5.01 Å². The second-order valence-corrected chi connectivity index (χ2v) is 6.65. The first-order valence-corrected chi connectivity index (χ1v) is 9.19. The zero-order chi connectivity index (χ0) is 19.3. The zero-order valence-corrected chi connectivity index (χ0v) is 15.3. The van der Waals surface area contributed by atoms with E-state index < -0.39 is 5.97 Å². The van der Waals surface area contributed by atoms with E-state index in [-0.39, 0.29) is 11.6 Å². The topological polar surface area (TPSA) is 52.9 Å². The normalized spacial score (nSPS) is 16.4. The Balaban J connectivity index is 1.66. The summed E-state index contributed by atoms with van der Waals surface area (Å²) < 4.78 is 0. The summed E-state index contributed by atoms with van der Waals surface area (Å²) in [4.78, 5) is 11.1. The lowest BCUT2D eigenvalue weighted by molar-refractivity contribution is 0.0697. The largest absolute Gasteiger partial charge is 0.478 e. The van der Waals surface area contributed by atoms with Crippen LogP contribution in [0.3, 0.4) is 0 Å². The summed E-state index contributed by atoms with van der Waals surface area (Å²) in [5.74, 6) is -0.929. The molecule has 0 bridgehead atoms. The van der Waals surface area contributed by atoms with Crippen molar-refractivity contribution < 1.29 is 9.90 Å². The molecule has 1 aliphatic rings. The van der Waals surface area contributed by atoms with Crippen molar-refractivity contribution in [3.63, 3.8) is 0 Å². The lowest BCUT2D eigenvalue weighted by Gasteiger charge is -2.21. The average Bonchev–Trinajstić information content (AvgIpc) is 3.18. The van der Waals surface area contributed by atoms with Gasteiger partial charge in [-0.05, 0) is 35.4 Å². The van der Waals surface area contributed by atoms with E-state index in [0.717, 1.165) is 28.9 Å². The number of benzene rings is 3. The molecule has 1 heterocycles. The number of hydrazone groups is 1. The molecule has 1 N–H and O–H groups in total. The smallest absolute Gasteiger partial charge is 0.335 e. The molecule has 28 heavy (non-hydrogen) atoms. The fraction of sp³-hybridized carbons (Fsp3) is 0.0833. The molecule has 1 atom stereocenters. The molecule has 4 heteroatoms. The Kier molecular flexibility index (Phi) is 5.02. The Labute approximate surface area is 164 Å². The Morgan fingerprint density at radius 2 is 1.57 bits per heavy atom. The highest BCUT2D eigenvalue weighted by atomic mass is 16.4. The van der Waals surface area contributed by atoms with Crippen LogP contribution in [-0.2, 0) is 0 Å². The molecule has 3 aromatic carbocycles. The van der Waals surface area contributed by atoms with Crippen LogP contribution in [0.15, 0.2) is 96.1 Å². The molecule has 4 nitrogen and oxygen atoms in total. The van der Waals surface area contributed by atoms with Gasteiger partial charge in [-0.25, -0.2) is 4.79 Å². The Morgan fingerprint density at radius 3 is 2.21 bits per heavy atom. The van der Waals surface area contributed by atoms with Gasteiger partial charge >= 0.3 is 5.97 Å². The van der Waals surface area contributed by atoms with Gasteiger partial charge in [0.25, 0.3) is 0 Å². The number of carbonyl (C=O) groups is 1. The number of hydrogen-bond acceptors (Lipinski definition) is 3. The van der Waals surface area contributed by atoms with E-state index in [1.54, 1.807) is 12.1 Å². The van der Waals surface area contributed by atoms with E-state index in [0.29, 0.717) is 0 Å². The highest BCUT2D eigenvalue weighted by Crippen LogP contribution is 2.28. The molecule has 4 rings (SSSR count). The van der Waals surface area contributed by atoms with Gasteiger partial charge in [-0.1, -0.05) is 72.8 Å². The van der Waals surface area contributed by atoms with E-state index in [1.165, 1.54) is 0 Å². The van der Waals surface area contributed by atoms with Crippen LogP contribution in [0.25, 0.3) is 6.08 Å². The van der Waals surface area contributed by atoms with E-state index in [9.17, 15) is 4.79 Å². The van der Waals surface area contributed by atoms with E-state index in [1.807, 2.05) is 53.5 Å². The molecule has 0 saturated carbocycles. The molecule has 3 aromatic rings. The number of nitrogens with zero attached hydrogens (tertiary/aromatic N) is 2. The van der Waals surface area contributed by atoms with Gasteiger partial charge in [0.1, 0.15) is 0 Å². The number of carboxylic acid groups (broad SMARTS) is 1. The lowest BCUT2D eigenvalue weighted by Crippen LogP contribution is -2.24. The van der Waals surface area contributed by atoms with Crippen molar-refractivity contribution in [2.24, 2.45) is 5.10 Å². The molecule has 0 aromatic heterocycles. The van der Waals surface area contributed by atoms with Gasteiger partial charge in [0.05, 0.1) is 23.0 Å². The molecule has 0 aliphatic carbocycles. The van der Waals surface area contributed by atoms with E-state index in [4.69, 9.17) is 10.2 Å². The first-order valence-electron chi connectivity index (χ1n) is 9.19. The first kappa shape index (κ1) is 17.7. The van der Waals surface area contributed by atoms with Gasteiger partial charge in [0.2, 0.25) is 0 Å². The van der Waals surface area contributed by atoms with Crippen LogP contribution in [0.2, 0.25) is 0 Å². The van der Waals surface area contributed by atoms with Gasteiger partial charge in [-0.15, -0.1) is 0 Å². The fourth-order valence-electron chi connectivity index (χ4n) is 3.28. The second kappa shape index (κ2) is 7.92. The number of anilines is 1. The van der Waals surface area contributed by atoms with Crippen molar-refractivity contribution >= 4 is 23.4 Å². The SMILES string of the molecule is O=C(O)c1ccc(N2N=C(c3ccccc3)CC2/C=C/c2ccccc2)cc1. The van der Waals surface area contributed by atoms with Crippen molar-refractivity contribution in [3.05, 3.63) is 108 Å². The van der Waals surface area contributed by atoms with Crippen molar-refractivity contribution in [2.45, 2.75) is 12.5 Å². The maximum absolute atomic E-state index is 11.1. The van der Waals surface area contributed by atoms with Gasteiger partial charge in [-0.2, -0.15) is 5.10 Å². The van der Waals surface area contributed by atoms with Crippen molar-refractivity contribution in [1.82, 2.24) is 0 Å². The van der Waals surface area contributed by atoms with Crippen LogP contribution in [0.1, 0.15) is 27.9 Å². The maximum Gasteiger partial charge on any atom is 0.335 e. The Morgan fingerprint density at radius 1 is 0.929 bits per heavy atom. The third-order valence-corrected chi connectivity index (χ3v) is 4.74. The molecular formula is C24H20N2O2. The third-order valence-electron chi connectivity index (χ3n) is 4.74. The maximum atomic E-state index is 11.1. The van der Waals surface area contributed by atoms with Crippen LogP contribution in [0.4, 0.5) is 5.69 Å². The van der Waals surface area contributed by atoms with Gasteiger partial charge in [0.15, 0.2) is 0 Å². The van der Waals surface area contributed by atoms with Crippen molar-refractivity contribution in [1.29, 1.82) is 0 Å². The zero-order valence-electron chi connectivity index (χ0n) is 15.3. The molecule has 1 aliphatic heterocycles. The van der Waals surface area contributed by atoms with Crippen LogP contribution < -0.4 is 5.01 Å². The lowest BCUT2D eigenvalue weighted by atomic mass is 10.0. The summed E-state index contributed by atoms with van der Waals surface area (Å²) >= 11 is 0. The number of carboxylic acids is 1. The monoisotopic (exact) mass is 368 g/mol. The molecule has 0 amide bonds. The van der Waals surface area contributed by atoms with Gasteiger partial charge in [0, 0.05) is 6.42 Å². The summed E-state index contributed by atoms with van der Waals surface area (Å²) in [7, 11) is 0. The molecule has 0 fully saturated rings. The first-order chi connectivity index (χ1) is 13.7. The van der Waals surface area contributed by atoms with Crippen LogP contribution >= 0.6 is 0 Å². The highest BCUT2D eigenvalue weighted by molar-refractivity contribution is 6.03. The van der Waals surface area contributed by atoms with Crippen molar-refractivity contribution in [2.75, 3.05) is 5.01 Å². The van der Waals surface area contributed by atoms with Crippen LogP contribution in [0.5, 0.6) is 0 Å². The summed E-state index contributed by atoms with van der Waals surface area (Å²) in [6.07, 6.45) is 5.04. The predicted molar refractivity (Wildman–Crippen MR) is 113 cm³/mol. The molecule has 0 radical (unpaired) electrons. The number of hydrogen-bond donors (Lipinski definition) is 1. The minimum atomic E-state index is -0.929. The van der Waals surface area contributed by atoms with E-state index >= 15 is 0 Å². The molecule has 0 saturated heterocycles. The molecule has 1 unspecified atom stereocenters. The number of rotatable bonds is 5. The summed E-state index contributed by atoms with van der Waals surface area (Å²) in [5.41, 5.74) is 4.40. The molecule has 0 spiro atoms. The quantitative estimate of drug-likeness (QED) is 0.683. The van der Waals surface area contributed by atoms with E-state index in [2.05, 4.69) is 36.4 Å². The van der Waals surface area contributed by atoms with Crippen LogP contribution in [-0.4, -0.2) is 22.8 Å². The van der Waals surface area contributed by atoms with Crippen LogP contribution in [0, 0.1) is 0 Å². The Hall–Kier alpha value is -3.66. The molecular weight excluding hydrogens is 348 g/mol. The summed E-state index contributed by atoms with van der Waals surface area (Å²) in [6.45, 7) is 0. The minimum Gasteiger partial charge on any atom is -0.478 e. The minimum absolute atomic E-state index is 0.0612. The van der Waals surface area contributed by atoms with Crippen molar-refractivity contribution in [3.8, 4) is 0 Å². The highest BCUT2D eigenvalue weighted by Gasteiger charge is 2.26. The van der Waals surface area contributed by atoms with Gasteiger partial charge < -0.3 is 5.11 Å². The predicted octanol–water partition coefficient (Wildman–Crippen LogP) is 5.08. The Bertz CT molecular complexity index is 1010. The molecule has 138 valence electrons. The standard InChI is InChI=1S/C24H20N2O2/c27-24(28)20-12-15-21(16-13-20)26-22(14-11-18-7-3-1-4-8-18)17-23(25-26)19-9-5-2-6-10-19/h1-16,22H,17H2,(H,27,28)/b14-11+. The summed E-state index contributed by atoms with van der Waals surface area (Å²) in [5, 5.41) is 16.0. The second-order valence-electron chi connectivity index (χ2n) is 6.65. The average molecular weight is 368 g/mol. The fourth-order valence-corrected chi connectivity index (χ4v) is 3.28. The third kappa shape index (κ3) is 3.86. The number of aromatic carboxylic acids is 1. The summed E-state index contributed by atoms with van der Waals surface area (Å²) in [6, 6.07) is 27.2.